The third kappa shape index (κ3) is 9.93. The summed E-state index contributed by atoms with van der Waals surface area (Å²) in [6.45, 7) is 5.96. The van der Waals surface area contributed by atoms with E-state index in [4.69, 9.17) is 37.9 Å². The molecule has 0 N–H and O–H groups in total. The van der Waals surface area contributed by atoms with E-state index in [1.54, 1.807) is 0 Å². The standard InChI is InChI=1S/C20H36O8/c1-3-7-23-19(5-1)25-11-9-21-13-17(27-15-18-16-28-18)14-22-10-12-26-20-6-2-4-8-24-20/h17-20H,1-16H2. The second-order valence-electron chi connectivity index (χ2n) is 7.39. The highest BCUT2D eigenvalue weighted by Gasteiger charge is 2.24. The van der Waals surface area contributed by atoms with E-state index < -0.39 is 0 Å². The van der Waals surface area contributed by atoms with E-state index in [0.717, 1.165) is 45.5 Å². The van der Waals surface area contributed by atoms with Crippen LogP contribution in [0.5, 0.6) is 0 Å². The second-order valence-corrected chi connectivity index (χ2v) is 7.39. The van der Waals surface area contributed by atoms with Crippen LogP contribution >= 0.6 is 0 Å². The fourth-order valence-corrected chi connectivity index (χ4v) is 3.14. The van der Waals surface area contributed by atoms with E-state index in [2.05, 4.69) is 0 Å². The molecule has 3 atom stereocenters. The maximum atomic E-state index is 5.85. The van der Waals surface area contributed by atoms with Crippen LogP contribution < -0.4 is 0 Å². The van der Waals surface area contributed by atoms with Crippen molar-refractivity contribution in [1.29, 1.82) is 0 Å². The summed E-state index contributed by atoms with van der Waals surface area (Å²) in [4.78, 5) is 0. The van der Waals surface area contributed by atoms with Gasteiger partial charge in [0.05, 0.1) is 52.9 Å². The minimum absolute atomic E-state index is 0.0760. The molecule has 0 radical (unpaired) electrons. The first kappa shape index (κ1) is 22.4. The van der Waals surface area contributed by atoms with Gasteiger partial charge in [0.2, 0.25) is 0 Å². The summed E-state index contributed by atoms with van der Waals surface area (Å²) in [7, 11) is 0. The molecular formula is C20H36O8. The Labute approximate surface area is 168 Å². The summed E-state index contributed by atoms with van der Waals surface area (Å²) < 4.78 is 44.9. The summed E-state index contributed by atoms with van der Waals surface area (Å²) >= 11 is 0. The molecule has 0 bridgehead atoms. The Hall–Kier alpha value is -0.320. The van der Waals surface area contributed by atoms with Crippen molar-refractivity contribution < 1.29 is 37.9 Å². The van der Waals surface area contributed by atoms with Crippen LogP contribution in [0.2, 0.25) is 0 Å². The van der Waals surface area contributed by atoms with Crippen molar-refractivity contribution in [3.05, 3.63) is 0 Å². The number of ether oxygens (including phenoxy) is 8. The molecule has 0 aromatic heterocycles. The Morgan fingerprint density at radius 1 is 0.714 bits per heavy atom. The van der Waals surface area contributed by atoms with E-state index in [9.17, 15) is 0 Å². The Bertz CT molecular complexity index is 352. The van der Waals surface area contributed by atoms with Gasteiger partial charge in [-0.1, -0.05) is 0 Å². The monoisotopic (exact) mass is 404 g/mol. The van der Waals surface area contributed by atoms with Crippen LogP contribution in [-0.4, -0.2) is 90.9 Å². The predicted molar refractivity (Wildman–Crippen MR) is 100 cm³/mol. The average Bonchev–Trinajstić information content (AvgIpc) is 3.57. The molecule has 3 fully saturated rings. The van der Waals surface area contributed by atoms with Crippen molar-refractivity contribution in [2.24, 2.45) is 0 Å². The Balaban J connectivity index is 1.20. The van der Waals surface area contributed by atoms with Crippen molar-refractivity contribution in [3.8, 4) is 0 Å². The third-order valence-electron chi connectivity index (χ3n) is 4.87. The quantitative estimate of drug-likeness (QED) is 0.303. The molecule has 3 rings (SSSR count). The van der Waals surface area contributed by atoms with Gasteiger partial charge in [0, 0.05) is 13.2 Å². The SMILES string of the molecule is C1CCC(OCCOCC(COCCOC2CCCCO2)OCC2CO2)OC1. The molecule has 0 aliphatic carbocycles. The zero-order valence-corrected chi connectivity index (χ0v) is 16.9. The lowest BCUT2D eigenvalue weighted by molar-refractivity contribution is -0.174. The van der Waals surface area contributed by atoms with Crippen LogP contribution in [0.3, 0.4) is 0 Å². The van der Waals surface area contributed by atoms with Crippen molar-refractivity contribution in [2.45, 2.75) is 63.3 Å². The number of hydrogen-bond acceptors (Lipinski definition) is 8. The van der Waals surface area contributed by atoms with Crippen molar-refractivity contribution in [3.63, 3.8) is 0 Å². The van der Waals surface area contributed by atoms with Crippen LogP contribution in [0.1, 0.15) is 38.5 Å². The third-order valence-corrected chi connectivity index (χ3v) is 4.87. The molecule has 0 aromatic carbocycles. The van der Waals surface area contributed by atoms with Crippen LogP contribution in [0.15, 0.2) is 0 Å². The predicted octanol–water partition coefficient (Wildman–Crippen LogP) is 1.89. The fraction of sp³-hybridized carbons (Fsp3) is 1.00. The molecule has 3 aliphatic rings. The number of rotatable bonds is 15. The molecule has 8 heteroatoms. The van der Waals surface area contributed by atoms with Gasteiger partial charge in [-0.05, 0) is 38.5 Å². The molecule has 0 spiro atoms. The van der Waals surface area contributed by atoms with Crippen molar-refractivity contribution in [2.75, 3.05) is 66.1 Å². The topological polar surface area (TPSA) is 77.1 Å². The first-order valence-electron chi connectivity index (χ1n) is 10.8. The van der Waals surface area contributed by atoms with Crippen molar-refractivity contribution in [1.82, 2.24) is 0 Å². The average molecular weight is 405 g/mol. The lowest BCUT2D eigenvalue weighted by Gasteiger charge is -2.23. The maximum Gasteiger partial charge on any atom is 0.157 e. The van der Waals surface area contributed by atoms with Gasteiger partial charge in [-0.3, -0.25) is 0 Å². The van der Waals surface area contributed by atoms with Gasteiger partial charge in [0.1, 0.15) is 12.2 Å². The Morgan fingerprint density at radius 3 is 1.75 bits per heavy atom. The van der Waals surface area contributed by atoms with Crippen LogP contribution in [-0.2, 0) is 37.9 Å². The molecule has 3 aliphatic heterocycles. The molecule has 164 valence electrons. The van der Waals surface area contributed by atoms with Gasteiger partial charge >= 0.3 is 0 Å². The highest BCUT2D eigenvalue weighted by molar-refractivity contribution is 4.69. The first-order valence-corrected chi connectivity index (χ1v) is 10.8. The summed E-state index contributed by atoms with van der Waals surface area (Å²) in [6.07, 6.45) is 6.46. The smallest absolute Gasteiger partial charge is 0.157 e. The highest BCUT2D eigenvalue weighted by Crippen LogP contribution is 2.14. The fourth-order valence-electron chi connectivity index (χ4n) is 3.14. The van der Waals surface area contributed by atoms with Gasteiger partial charge in [-0.15, -0.1) is 0 Å². The molecule has 28 heavy (non-hydrogen) atoms. The molecule has 0 amide bonds. The van der Waals surface area contributed by atoms with E-state index in [1.807, 2.05) is 0 Å². The Morgan fingerprint density at radius 2 is 1.29 bits per heavy atom. The minimum atomic E-state index is -0.124. The number of hydrogen-bond donors (Lipinski definition) is 0. The summed E-state index contributed by atoms with van der Waals surface area (Å²) in [6, 6.07) is 0. The van der Waals surface area contributed by atoms with Crippen LogP contribution in [0.4, 0.5) is 0 Å². The minimum Gasteiger partial charge on any atom is -0.376 e. The van der Waals surface area contributed by atoms with Crippen LogP contribution in [0, 0.1) is 0 Å². The Kier molecular flexibility index (Phi) is 11.0. The highest BCUT2D eigenvalue weighted by atomic mass is 16.7. The van der Waals surface area contributed by atoms with E-state index in [0.29, 0.717) is 46.2 Å². The molecule has 3 heterocycles. The van der Waals surface area contributed by atoms with E-state index in [-0.39, 0.29) is 24.8 Å². The van der Waals surface area contributed by atoms with Gasteiger partial charge < -0.3 is 37.9 Å². The lowest BCUT2D eigenvalue weighted by atomic mass is 10.2. The van der Waals surface area contributed by atoms with Crippen LogP contribution in [0.25, 0.3) is 0 Å². The van der Waals surface area contributed by atoms with Gasteiger partial charge in [0.15, 0.2) is 12.6 Å². The van der Waals surface area contributed by atoms with Crippen molar-refractivity contribution >= 4 is 0 Å². The molecule has 0 aromatic rings. The molecule has 0 saturated carbocycles. The normalized spacial score (nSPS) is 28.9. The summed E-state index contributed by atoms with van der Waals surface area (Å²) in [5, 5.41) is 0. The second kappa shape index (κ2) is 13.8. The molecule has 8 nitrogen and oxygen atoms in total. The summed E-state index contributed by atoms with van der Waals surface area (Å²) in [5.41, 5.74) is 0. The molecule has 3 unspecified atom stereocenters. The summed E-state index contributed by atoms with van der Waals surface area (Å²) in [5.74, 6) is 0. The maximum absolute atomic E-state index is 5.85. The van der Waals surface area contributed by atoms with E-state index >= 15 is 0 Å². The van der Waals surface area contributed by atoms with Gasteiger partial charge in [-0.2, -0.15) is 0 Å². The zero-order chi connectivity index (χ0) is 19.3. The zero-order valence-electron chi connectivity index (χ0n) is 16.9. The van der Waals surface area contributed by atoms with Gasteiger partial charge in [0.25, 0.3) is 0 Å². The first-order chi connectivity index (χ1) is 13.9. The molecular weight excluding hydrogens is 368 g/mol. The lowest BCUT2D eigenvalue weighted by Crippen LogP contribution is -2.30. The van der Waals surface area contributed by atoms with E-state index in [1.165, 1.54) is 12.8 Å². The molecule has 3 saturated heterocycles. The largest absolute Gasteiger partial charge is 0.376 e. The van der Waals surface area contributed by atoms with Gasteiger partial charge in [-0.25, -0.2) is 0 Å². The number of epoxide rings is 1.